The van der Waals surface area contributed by atoms with Crippen LogP contribution in [0.2, 0.25) is 5.02 Å². The number of anilines is 1. The molecule has 0 aliphatic carbocycles. The van der Waals surface area contributed by atoms with Gasteiger partial charge in [0.05, 0.1) is 0 Å². The standard InChI is InChI=1S/C14H16ClN3S/c1-3-8-16-13-9-14(18-10(2)17-13)19-12-6-4-11(15)5-7-12/h4-7,9H,3,8H2,1-2H3,(H,16,17,18). The van der Waals surface area contributed by atoms with Crippen molar-refractivity contribution in [2.24, 2.45) is 0 Å². The van der Waals surface area contributed by atoms with Crippen LogP contribution in [0.25, 0.3) is 0 Å². The summed E-state index contributed by atoms with van der Waals surface area (Å²) in [5.74, 6) is 1.66. The van der Waals surface area contributed by atoms with E-state index in [9.17, 15) is 0 Å². The Morgan fingerprint density at radius 1 is 1.21 bits per heavy atom. The first kappa shape index (κ1) is 14.2. The summed E-state index contributed by atoms with van der Waals surface area (Å²) in [5.41, 5.74) is 0. The highest BCUT2D eigenvalue weighted by Gasteiger charge is 2.04. The molecule has 2 rings (SSSR count). The van der Waals surface area contributed by atoms with Gasteiger partial charge in [-0.15, -0.1) is 0 Å². The summed E-state index contributed by atoms with van der Waals surface area (Å²) in [6, 6.07) is 9.72. The molecule has 0 bridgehead atoms. The van der Waals surface area contributed by atoms with Gasteiger partial charge < -0.3 is 5.32 Å². The van der Waals surface area contributed by atoms with E-state index >= 15 is 0 Å². The number of rotatable bonds is 5. The summed E-state index contributed by atoms with van der Waals surface area (Å²) in [4.78, 5) is 9.92. The van der Waals surface area contributed by atoms with Gasteiger partial charge in [0.2, 0.25) is 0 Å². The fraction of sp³-hybridized carbons (Fsp3) is 0.286. The van der Waals surface area contributed by atoms with Crippen LogP contribution in [-0.4, -0.2) is 16.5 Å². The maximum atomic E-state index is 5.88. The minimum atomic E-state index is 0.744. The predicted molar refractivity (Wildman–Crippen MR) is 81.1 cm³/mol. The fourth-order valence-corrected chi connectivity index (χ4v) is 2.55. The molecule has 0 saturated carbocycles. The normalized spacial score (nSPS) is 10.5. The van der Waals surface area contributed by atoms with Gasteiger partial charge in [0.15, 0.2) is 0 Å². The fourth-order valence-electron chi connectivity index (χ4n) is 1.56. The van der Waals surface area contributed by atoms with E-state index in [1.807, 2.05) is 37.3 Å². The highest BCUT2D eigenvalue weighted by Crippen LogP contribution is 2.28. The van der Waals surface area contributed by atoms with Gasteiger partial charge in [-0.3, -0.25) is 0 Å². The predicted octanol–water partition coefficient (Wildman–Crippen LogP) is 4.41. The third-order valence-corrected chi connectivity index (χ3v) is 3.58. The number of aromatic nitrogens is 2. The zero-order chi connectivity index (χ0) is 13.7. The smallest absolute Gasteiger partial charge is 0.130 e. The van der Waals surface area contributed by atoms with E-state index in [1.54, 1.807) is 11.8 Å². The van der Waals surface area contributed by atoms with Crippen LogP contribution < -0.4 is 5.32 Å². The molecule has 3 nitrogen and oxygen atoms in total. The average molecular weight is 294 g/mol. The van der Waals surface area contributed by atoms with Crippen molar-refractivity contribution in [3.63, 3.8) is 0 Å². The van der Waals surface area contributed by atoms with E-state index in [0.29, 0.717) is 0 Å². The highest BCUT2D eigenvalue weighted by atomic mass is 35.5. The maximum absolute atomic E-state index is 5.88. The molecular formula is C14H16ClN3S. The molecule has 1 heterocycles. The van der Waals surface area contributed by atoms with Crippen LogP contribution in [0.5, 0.6) is 0 Å². The molecule has 0 radical (unpaired) electrons. The van der Waals surface area contributed by atoms with Gasteiger partial charge in [-0.1, -0.05) is 30.3 Å². The van der Waals surface area contributed by atoms with E-state index in [1.165, 1.54) is 0 Å². The summed E-state index contributed by atoms with van der Waals surface area (Å²) in [6.07, 6.45) is 1.07. The lowest BCUT2D eigenvalue weighted by molar-refractivity contribution is 0.928. The minimum Gasteiger partial charge on any atom is -0.370 e. The molecule has 0 spiro atoms. The van der Waals surface area contributed by atoms with Crippen LogP contribution in [0.15, 0.2) is 40.3 Å². The minimum absolute atomic E-state index is 0.744. The third-order valence-electron chi connectivity index (χ3n) is 2.41. The summed E-state index contributed by atoms with van der Waals surface area (Å²) >= 11 is 7.49. The Morgan fingerprint density at radius 3 is 2.63 bits per heavy atom. The first-order valence-electron chi connectivity index (χ1n) is 6.20. The molecule has 100 valence electrons. The largest absolute Gasteiger partial charge is 0.370 e. The van der Waals surface area contributed by atoms with Gasteiger partial charge >= 0.3 is 0 Å². The lowest BCUT2D eigenvalue weighted by atomic mass is 10.4. The number of hydrogen-bond donors (Lipinski definition) is 1. The molecule has 0 saturated heterocycles. The Labute approximate surface area is 122 Å². The molecule has 0 fully saturated rings. The summed E-state index contributed by atoms with van der Waals surface area (Å²) in [5, 5.41) is 4.97. The van der Waals surface area contributed by atoms with Crippen molar-refractivity contribution in [1.29, 1.82) is 0 Å². The van der Waals surface area contributed by atoms with Gasteiger partial charge in [-0.25, -0.2) is 9.97 Å². The van der Waals surface area contributed by atoms with Gasteiger partial charge in [0.25, 0.3) is 0 Å². The van der Waals surface area contributed by atoms with Crippen LogP contribution in [0.1, 0.15) is 19.2 Å². The Kier molecular flexibility index (Phi) is 5.05. The SMILES string of the molecule is CCCNc1cc(Sc2ccc(Cl)cc2)nc(C)n1. The first-order valence-corrected chi connectivity index (χ1v) is 7.40. The lowest BCUT2D eigenvalue weighted by Crippen LogP contribution is -2.04. The second-order valence-electron chi connectivity index (χ2n) is 4.12. The molecule has 0 atom stereocenters. The zero-order valence-corrected chi connectivity index (χ0v) is 12.6. The van der Waals surface area contributed by atoms with Crippen molar-refractivity contribution in [2.75, 3.05) is 11.9 Å². The van der Waals surface area contributed by atoms with Gasteiger partial charge in [0.1, 0.15) is 16.7 Å². The lowest BCUT2D eigenvalue weighted by Gasteiger charge is -2.07. The maximum Gasteiger partial charge on any atom is 0.130 e. The molecule has 1 aromatic carbocycles. The van der Waals surface area contributed by atoms with Crippen molar-refractivity contribution in [3.8, 4) is 0 Å². The first-order chi connectivity index (χ1) is 9.17. The third kappa shape index (κ3) is 4.40. The molecule has 19 heavy (non-hydrogen) atoms. The quantitative estimate of drug-likeness (QED) is 0.829. The van der Waals surface area contributed by atoms with E-state index in [4.69, 9.17) is 11.6 Å². The highest BCUT2D eigenvalue weighted by molar-refractivity contribution is 7.99. The van der Waals surface area contributed by atoms with Crippen molar-refractivity contribution >= 4 is 29.2 Å². The summed E-state index contributed by atoms with van der Waals surface area (Å²) in [7, 11) is 0. The molecule has 0 amide bonds. The zero-order valence-electron chi connectivity index (χ0n) is 11.0. The van der Waals surface area contributed by atoms with Crippen LogP contribution in [0.4, 0.5) is 5.82 Å². The summed E-state index contributed by atoms with van der Waals surface area (Å²) in [6.45, 7) is 4.95. The van der Waals surface area contributed by atoms with E-state index in [2.05, 4.69) is 22.2 Å². The van der Waals surface area contributed by atoms with Gasteiger partial charge in [0, 0.05) is 22.5 Å². The van der Waals surface area contributed by atoms with E-state index in [-0.39, 0.29) is 0 Å². The number of hydrogen-bond acceptors (Lipinski definition) is 4. The number of nitrogens with zero attached hydrogens (tertiary/aromatic N) is 2. The number of halogens is 1. The monoisotopic (exact) mass is 293 g/mol. The molecule has 5 heteroatoms. The second-order valence-corrected chi connectivity index (χ2v) is 5.65. The molecular weight excluding hydrogens is 278 g/mol. The van der Waals surface area contributed by atoms with Crippen LogP contribution in [0.3, 0.4) is 0 Å². The molecule has 1 aromatic heterocycles. The Hall–Kier alpha value is -1.26. The average Bonchev–Trinajstić information content (AvgIpc) is 2.38. The van der Waals surface area contributed by atoms with E-state index in [0.717, 1.165) is 39.6 Å². The Morgan fingerprint density at radius 2 is 1.95 bits per heavy atom. The van der Waals surface area contributed by atoms with E-state index < -0.39 is 0 Å². The molecule has 2 aromatic rings. The van der Waals surface area contributed by atoms with Crippen LogP contribution in [-0.2, 0) is 0 Å². The Balaban J connectivity index is 2.15. The molecule has 1 N–H and O–H groups in total. The number of benzene rings is 1. The van der Waals surface area contributed by atoms with Crippen LogP contribution >= 0.6 is 23.4 Å². The molecule has 0 unspecified atom stereocenters. The van der Waals surface area contributed by atoms with Crippen molar-refractivity contribution in [1.82, 2.24) is 9.97 Å². The van der Waals surface area contributed by atoms with Crippen LogP contribution in [0, 0.1) is 6.92 Å². The number of aryl methyl sites for hydroxylation is 1. The molecule has 0 aliphatic rings. The second kappa shape index (κ2) is 6.78. The van der Waals surface area contributed by atoms with Crippen molar-refractivity contribution in [2.45, 2.75) is 30.2 Å². The van der Waals surface area contributed by atoms with Crippen molar-refractivity contribution < 1.29 is 0 Å². The summed E-state index contributed by atoms with van der Waals surface area (Å²) < 4.78 is 0. The molecule has 0 aliphatic heterocycles. The van der Waals surface area contributed by atoms with Gasteiger partial charge in [-0.05, 0) is 37.6 Å². The topological polar surface area (TPSA) is 37.8 Å². The number of nitrogens with one attached hydrogen (secondary N) is 1. The van der Waals surface area contributed by atoms with Crippen molar-refractivity contribution in [3.05, 3.63) is 41.2 Å². The Bertz CT molecular complexity index is 543. The van der Waals surface area contributed by atoms with Gasteiger partial charge in [-0.2, -0.15) is 0 Å².